The second-order valence-electron chi connectivity index (χ2n) is 5.43. The van der Waals surface area contributed by atoms with Gasteiger partial charge in [0.1, 0.15) is 18.0 Å². The first-order chi connectivity index (χ1) is 8.81. The van der Waals surface area contributed by atoms with Crippen molar-refractivity contribution in [2.45, 2.75) is 31.7 Å². The highest BCUT2D eigenvalue weighted by atomic mass is 15.2. The van der Waals surface area contributed by atoms with Crippen LogP contribution in [0.3, 0.4) is 0 Å². The number of nitrogens with two attached hydrogens (primary N) is 1. The minimum atomic E-state index is 0.284. The van der Waals surface area contributed by atoms with Crippen molar-refractivity contribution in [1.82, 2.24) is 9.97 Å². The Labute approximate surface area is 108 Å². The molecule has 0 amide bonds. The first-order valence-corrected chi connectivity index (χ1v) is 6.88. The second-order valence-corrected chi connectivity index (χ2v) is 5.43. The van der Waals surface area contributed by atoms with Crippen LogP contribution in [0.15, 0.2) is 12.4 Å². The van der Waals surface area contributed by atoms with E-state index in [1.165, 1.54) is 19.3 Å². The Bertz CT molecular complexity index is 404. The highest BCUT2D eigenvalue weighted by Gasteiger charge is 2.21. The Morgan fingerprint density at radius 2 is 2.22 bits per heavy atom. The molecular weight excluding hydrogens is 226 g/mol. The van der Waals surface area contributed by atoms with Crippen molar-refractivity contribution in [3.8, 4) is 0 Å². The lowest BCUT2D eigenvalue weighted by atomic mass is 9.85. The summed E-state index contributed by atoms with van der Waals surface area (Å²) in [4.78, 5) is 10.9. The van der Waals surface area contributed by atoms with Crippen molar-refractivity contribution in [1.29, 1.82) is 0 Å². The third-order valence-electron chi connectivity index (χ3n) is 4.00. The summed E-state index contributed by atoms with van der Waals surface area (Å²) in [6, 6.07) is 2.32. The van der Waals surface area contributed by atoms with Gasteiger partial charge in [-0.15, -0.1) is 0 Å². The van der Waals surface area contributed by atoms with Crippen molar-refractivity contribution >= 4 is 11.6 Å². The van der Waals surface area contributed by atoms with Crippen LogP contribution in [0.2, 0.25) is 0 Å². The van der Waals surface area contributed by atoms with Crippen LogP contribution in [-0.4, -0.2) is 35.6 Å². The van der Waals surface area contributed by atoms with Gasteiger partial charge in [-0.3, -0.25) is 0 Å². The average molecular weight is 247 g/mol. The average Bonchev–Trinajstić information content (AvgIpc) is 2.74. The summed E-state index contributed by atoms with van der Waals surface area (Å²) in [6.45, 7) is 2.94. The van der Waals surface area contributed by atoms with Gasteiger partial charge in [-0.25, -0.2) is 9.97 Å². The number of anilines is 2. The van der Waals surface area contributed by atoms with E-state index in [9.17, 15) is 0 Å². The molecule has 1 aromatic rings. The highest BCUT2D eigenvalue weighted by molar-refractivity contribution is 5.49. The van der Waals surface area contributed by atoms with Crippen LogP contribution >= 0.6 is 0 Å². The number of hydrogen-bond acceptors (Lipinski definition) is 5. The largest absolute Gasteiger partial charge is 0.370 e. The van der Waals surface area contributed by atoms with E-state index in [0.29, 0.717) is 0 Å². The Morgan fingerprint density at radius 1 is 1.33 bits per heavy atom. The molecule has 1 saturated carbocycles. The molecule has 98 valence electrons. The van der Waals surface area contributed by atoms with E-state index >= 15 is 0 Å². The molecule has 0 radical (unpaired) electrons. The fourth-order valence-corrected chi connectivity index (χ4v) is 2.56. The van der Waals surface area contributed by atoms with Gasteiger partial charge in [0.25, 0.3) is 0 Å². The molecule has 0 bridgehead atoms. The van der Waals surface area contributed by atoms with E-state index < -0.39 is 0 Å². The zero-order valence-corrected chi connectivity index (χ0v) is 10.7. The van der Waals surface area contributed by atoms with Crippen molar-refractivity contribution in [2.24, 2.45) is 11.7 Å². The number of nitrogens with one attached hydrogen (secondary N) is 1. The van der Waals surface area contributed by atoms with Gasteiger partial charge in [0.15, 0.2) is 0 Å². The molecule has 0 aromatic carbocycles. The standard InChI is InChI=1S/C13H21N5/c14-11-4-5-18(8-11)13-6-12(16-9-17-13)15-7-10-2-1-3-10/h6,9-11H,1-5,7-8,14H2,(H,15,16,17). The molecule has 2 aliphatic rings. The molecule has 3 rings (SSSR count). The first kappa shape index (κ1) is 11.7. The van der Waals surface area contributed by atoms with Gasteiger partial charge in [0, 0.05) is 31.7 Å². The van der Waals surface area contributed by atoms with E-state index in [0.717, 1.165) is 43.6 Å². The Balaban J connectivity index is 1.61. The van der Waals surface area contributed by atoms with Crippen LogP contribution in [0.25, 0.3) is 0 Å². The van der Waals surface area contributed by atoms with Gasteiger partial charge in [-0.2, -0.15) is 0 Å². The van der Waals surface area contributed by atoms with E-state index in [4.69, 9.17) is 5.73 Å². The van der Waals surface area contributed by atoms with Gasteiger partial charge in [0.2, 0.25) is 0 Å². The molecule has 1 aliphatic heterocycles. The van der Waals surface area contributed by atoms with Crippen molar-refractivity contribution < 1.29 is 0 Å². The molecule has 1 aliphatic carbocycles. The lowest BCUT2D eigenvalue weighted by Crippen LogP contribution is -2.27. The number of hydrogen-bond donors (Lipinski definition) is 2. The number of aromatic nitrogens is 2. The molecular formula is C13H21N5. The van der Waals surface area contributed by atoms with Gasteiger partial charge < -0.3 is 16.0 Å². The summed E-state index contributed by atoms with van der Waals surface area (Å²) >= 11 is 0. The SMILES string of the molecule is NC1CCN(c2cc(NCC3CCC3)ncn2)C1. The van der Waals surface area contributed by atoms with Crippen molar-refractivity contribution in [2.75, 3.05) is 29.9 Å². The normalized spacial score (nSPS) is 24.1. The third kappa shape index (κ3) is 2.56. The lowest BCUT2D eigenvalue weighted by Gasteiger charge is -2.25. The molecule has 3 N–H and O–H groups in total. The maximum Gasteiger partial charge on any atom is 0.134 e. The molecule has 2 fully saturated rings. The van der Waals surface area contributed by atoms with E-state index in [-0.39, 0.29) is 6.04 Å². The molecule has 0 spiro atoms. The number of rotatable bonds is 4. The maximum absolute atomic E-state index is 5.92. The summed E-state index contributed by atoms with van der Waals surface area (Å²) in [5.74, 6) is 2.77. The summed E-state index contributed by atoms with van der Waals surface area (Å²) in [5, 5.41) is 3.41. The van der Waals surface area contributed by atoms with Crippen LogP contribution in [0, 0.1) is 5.92 Å². The van der Waals surface area contributed by atoms with Crippen LogP contribution in [0.5, 0.6) is 0 Å². The minimum absolute atomic E-state index is 0.284. The molecule has 2 heterocycles. The highest BCUT2D eigenvalue weighted by Crippen LogP contribution is 2.26. The van der Waals surface area contributed by atoms with Crippen LogP contribution in [0.4, 0.5) is 11.6 Å². The molecule has 1 unspecified atom stereocenters. The van der Waals surface area contributed by atoms with Crippen molar-refractivity contribution in [3.63, 3.8) is 0 Å². The molecule has 1 atom stereocenters. The van der Waals surface area contributed by atoms with Crippen LogP contribution < -0.4 is 16.0 Å². The molecule has 1 aromatic heterocycles. The fraction of sp³-hybridized carbons (Fsp3) is 0.692. The van der Waals surface area contributed by atoms with Gasteiger partial charge in [-0.05, 0) is 25.2 Å². The van der Waals surface area contributed by atoms with E-state index in [2.05, 4.69) is 20.2 Å². The summed E-state index contributed by atoms with van der Waals surface area (Å²) < 4.78 is 0. The lowest BCUT2D eigenvalue weighted by molar-refractivity contribution is 0.333. The fourth-order valence-electron chi connectivity index (χ4n) is 2.56. The Hall–Kier alpha value is -1.36. The number of nitrogens with zero attached hydrogens (tertiary/aromatic N) is 3. The van der Waals surface area contributed by atoms with Gasteiger partial charge in [-0.1, -0.05) is 6.42 Å². The topological polar surface area (TPSA) is 67.1 Å². The Morgan fingerprint density at radius 3 is 2.89 bits per heavy atom. The summed E-state index contributed by atoms with van der Waals surface area (Å²) in [7, 11) is 0. The van der Waals surface area contributed by atoms with E-state index in [1.807, 2.05) is 6.07 Å². The predicted octanol–water partition coefficient (Wildman–Crippen LogP) is 1.23. The summed E-state index contributed by atoms with van der Waals surface area (Å²) in [6.07, 6.45) is 6.78. The molecule has 5 heteroatoms. The quantitative estimate of drug-likeness (QED) is 0.837. The zero-order valence-electron chi connectivity index (χ0n) is 10.7. The van der Waals surface area contributed by atoms with Gasteiger partial charge >= 0.3 is 0 Å². The van der Waals surface area contributed by atoms with Crippen LogP contribution in [-0.2, 0) is 0 Å². The first-order valence-electron chi connectivity index (χ1n) is 6.88. The molecule has 1 saturated heterocycles. The predicted molar refractivity (Wildman–Crippen MR) is 72.7 cm³/mol. The maximum atomic E-state index is 5.92. The van der Waals surface area contributed by atoms with Gasteiger partial charge in [0.05, 0.1) is 0 Å². The van der Waals surface area contributed by atoms with E-state index in [1.54, 1.807) is 6.33 Å². The Kier molecular flexibility index (Phi) is 3.32. The monoisotopic (exact) mass is 247 g/mol. The molecule has 5 nitrogen and oxygen atoms in total. The molecule has 18 heavy (non-hydrogen) atoms. The third-order valence-corrected chi connectivity index (χ3v) is 4.00. The summed E-state index contributed by atoms with van der Waals surface area (Å²) in [5.41, 5.74) is 5.92. The zero-order chi connectivity index (χ0) is 12.4. The van der Waals surface area contributed by atoms with Crippen LogP contribution in [0.1, 0.15) is 25.7 Å². The minimum Gasteiger partial charge on any atom is -0.370 e. The second kappa shape index (κ2) is 5.10. The van der Waals surface area contributed by atoms with Crippen molar-refractivity contribution in [3.05, 3.63) is 12.4 Å². The smallest absolute Gasteiger partial charge is 0.134 e.